The molecule has 0 unspecified atom stereocenters. The Bertz CT molecular complexity index is 214. The number of amides is 2. The van der Waals surface area contributed by atoms with E-state index in [1.54, 1.807) is 0 Å². The number of rotatable bonds is 7. The second-order valence-corrected chi connectivity index (χ2v) is 3.68. The van der Waals surface area contributed by atoms with Gasteiger partial charge in [0.15, 0.2) is 0 Å². The number of hydrogen-bond acceptors (Lipinski definition) is 3. The molecular formula is C9H17N3O2. The molecule has 1 aliphatic carbocycles. The molecule has 0 radical (unpaired) electrons. The summed E-state index contributed by atoms with van der Waals surface area (Å²) in [4.78, 5) is 21.2. The maximum atomic E-state index is 11.3. The number of carbonyl (C=O) groups is 2. The highest BCUT2D eigenvalue weighted by atomic mass is 16.2. The molecule has 1 aliphatic rings. The van der Waals surface area contributed by atoms with Crippen molar-refractivity contribution in [3.8, 4) is 0 Å². The highest BCUT2D eigenvalue weighted by molar-refractivity contribution is 5.80. The molecule has 14 heavy (non-hydrogen) atoms. The average molecular weight is 199 g/mol. The highest BCUT2D eigenvalue weighted by Gasteiger charge is 2.42. The van der Waals surface area contributed by atoms with E-state index in [9.17, 15) is 9.59 Å². The molecule has 0 aromatic rings. The molecule has 1 rings (SSSR count). The summed E-state index contributed by atoms with van der Waals surface area (Å²) in [5.74, 6) is -0.106. The first-order valence-corrected chi connectivity index (χ1v) is 4.85. The van der Waals surface area contributed by atoms with E-state index in [-0.39, 0.29) is 18.0 Å². The predicted octanol–water partition coefficient (Wildman–Crippen LogP) is -1.01. The molecule has 0 aliphatic heterocycles. The lowest BCUT2D eigenvalue weighted by atomic mass is 10.2. The molecule has 2 amide bonds. The minimum absolute atomic E-state index is 0.00462. The molecule has 1 saturated carbocycles. The minimum atomic E-state index is -0.106. The van der Waals surface area contributed by atoms with Gasteiger partial charge in [0.2, 0.25) is 12.3 Å². The Morgan fingerprint density at radius 1 is 1.50 bits per heavy atom. The van der Waals surface area contributed by atoms with Gasteiger partial charge in [0.25, 0.3) is 0 Å². The van der Waals surface area contributed by atoms with Crippen molar-refractivity contribution in [2.24, 2.45) is 0 Å². The number of nitrogens with one attached hydrogen (secondary N) is 3. The van der Waals surface area contributed by atoms with Crippen LogP contribution in [-0.2, 0) is 9.59 Å². The van der Waals surface area contributed by atoms with E-state index in [1.165, 1.54) is 0 Å². The van der Waals surface area contributed by atoms with Gasteiger partial charge in [0, 0.05) is 5.54 Å². The molecule has 0 aromatic heterocycles. The molecular weight excluding hydrogens is 182 g/mol. The normalized spacial score (nSPS) is 17.2. The zero-order valence-electron chi connectivity index (χ0n) is 8.43. The summed E-state index contributed by atoms with van der Waals surface area (Å²) in [5, 5.41) is 8.34. The monoisotopic (exact) mass is 199 g/mol. The van der Waals surface area contributed by atoms with Gasteiger partial charge in [0.1, 0.15) is 0 Å². The topological polar surface area (TPSA) is 70.2 Å². The fourth-order valence-corrected chi connectivity index (χ4v) is 1.43. The van der Waals surface area contributed by atoms with Crippen LogP contribution in [0, 0.1) is 0 Å². The maximum Gasteiger partial charge on any atom is 0.239 e. The van der Waals surface area contributed by atoms with Crippen LogP contribution < -0.4 is 16.0 Å². The van der Waals surface area contributed by atoms with Crippen LogP contribution in [0.15, 0.2) is 0 Å². The summed E-state index contributed by atoms with van der Waals surface area (Å²) in [6, 6.07) is 0. The third-order valence-corrected chi connectivity index (χ3v) is 2.46. The Balaban J connectivity index is 2.21. The smallest absolute Gasteiger partial charge is 0.239 e. The van der Waals surface area contributed by atoms with Crippen LogP contribution in [0.5, 0.6) is 0 Å². The van der Waals surface area contributed by atoms with Gasteiger partial charge in [0.05, 0.1) is 6.54 Å². The molecule has 5 nitrogen and oxygen atoms in total. The highest BCUT2D eigenvalue weighted by Crippen LogP contribution is 2.38. The van der Waals surface area contributed by atoms with Gasteiger partial charge in [-0.15, -0.1) is 0 Å². The first kappa shape index (κ1) is 11.0. The van der Waals surface area contributed by atoms with Crippen molar-refractivity contribution in [2.45, 2.75) is 24.8 Å². The van der Waals surface area contributed by atoms with Gasteiger partial charge in [-0.05, 0) is 32.9 Å². The van der Waals surface area contributed by atoms with Gasteiger partial charge in [-0.3, -0.25) is 9.59 Å². The van der Waals surface area contributed by atoms with Gasteiger partial charge >= 0.3 is 0 Å². The molecule has 80 valence electrons. The number of carbonyl (C=O) groups excluding carboxylic acids is 2. The van der Waals surface area contributed by atoms with Crippen LogP contribution in [0.3, 0.4) is 0 Å². The SMILES string of the molecule is CNCCC1(NC(=O)CNC=O)CC1. The van der Waals surface area contributed by atoms with E-state index < -0.39 is 0 Å². The molecule has 1 fully saturated rings. The summed E-state index contributed by atoms with van der Waals surface area (Å²) in [7, 11) is 1.89. The van der Waals surface area contributed by atoms with Gasteiger partial charge in [-0.1, -0.05) is 0 Å². The van der Waals surface area contributed by atoms with Gasteiger partial charge in [-0.25, -0.2) is 0 Å². The third-order valence-electron chi connectivity index (χ3n) is 2.46. The molecule has 0 heterocycles. The van der Waals surface area contributed by atoms with Crippen LogP contribution in [0.1, 0.15) is 19.3 Å². The Kier molecular flexibility index (Phi) is 3.88. The molecule has 0 atom stereocenters. The van der Waals surface area contributed by atoms with E-state index in [0.29, 0.717) is 6.41 Å². The molecule has 0 aromatic carbocycles. The van der Waals surface area contributed by atoms with Crippen molar-refractivity contribution in [3.63, 3.8) is 0 Å². The van der Waals surface area contributed by atoms with Crippen molar-refractivity contribution in [2.75, 3.05) is 20.1 Å². The molecule has 0 spiro atoms. The second-order valence-electron chi connectivity index (χ2n) is 3.68. The fourth-order valence-electron chi connectivity index (χ4n) is 1.43. The van der Waals surface area contributed by atoms with Crippen molar-refractivity contribution in [3.05, 3.63) is 0 Å². The zero-order valence-corrected chi connectivity index (χ0v) is 8.43. The molecule has 0 bridgehead atoms. The molecule has 0 saturated heterocycles. The lowest BCUT2D eigenvalue weighted by molar-refractivity contribution is -0.123. The summed E-state index contributed by atoms with van der Waals surface area (Å²) >= 11 is 0. The van der Waals surface area contributed by atoms with E-state index in [2.05, 4.69) is 16.0 Å². The van der Waals surface area contributed by atoms with E-state index >= 15 is 0 Å². The van der Waals surface area contributed by atoms with Crippen LogP contribution >= 0.6 is 0 Å². The van der Waals surface area contributed by atoms with E-state index in [4.69, 9.17) is 0 Å². The van der Waals surface area contributed by atoms with Crippen LogP contribution in [-0.4, -0.2) is 38.0 Å². The summed E-state index contributed by atoms with van der Waals surface area (Å²) in [5.41, 5.74) is 0.00462. The Morgan fingerprint density at radius 2 is 2.21 bits per heavy atom. The largest absolute Gasteiger partial charge is 0.350 e. The third kappa shape index (κ3) is 3.33. The average Bonchev–Trinajstić information content (AvgIpc) is 2.92. The maximum absolute atomic E-state index is 11.3. The first-order valence-electron chi connectivity index (χ1n) is 4.85. The lowest BCUT2D eigenvalue weighted by Crippen LogP contribution is -2.42. The first-order chi connectivity index (χ1) is 6.72. The van der Waals surface area contributed by atoms with Crippen LogP contribution in [0.25, 0.3) is 0 Å². The van der Waals surface area contributed by atoms with E-state index in [1.807, 2.05) is 7.05 Å². The summed E-state index contributed by atoms with van der Waals surface area (Å²) < 4.78 is 0. The van der Waals surface area contributed by atoms with Gasteiger partial charge in [-0.2, -0.15) is 0 Å². The van der Waals surface area contributed by atoms with Crippen molar-refractivity contribution >= 4 is 12.3 Å². The molecule has 3 N–H and O–H groups in total. The Labute approximate surface area is 83.6 Å². The minimum Gasteiger partial charge on any atom is -0.350 e. The zero-order chi connectivity index (χ0) is 10.4. The standard InChI is InChI=1S/C9H17N3O2/c1-10-5-4-9(2-3-9)12-8(14)6-11-7-13/h7,10H,2-6H2,1H3,(H,11,13)(H,12,14). The van der Waals surface area contributed by atoms with Crippen molar-refractivity contribution < 1.29 is 9.59 Å². The van der Waals surface area contributed by atoms with Crippen molar-refractivity contribution in [1.82, 2.24) is 16.0 Å². The fraction of sp³-hybridized carbons (Fsp3) is 0.778. The Morgan fingerprint density at radius 3 is 2.71 bits per heavy atom. The lowest BCUT2D eigenvalue weighted by Gasteiger charge is -2.16. The van der Waals surface area contributed by atoms with Gasteiger partial charge < -0.3 is 16.0 Å². The number of hydrogen-bond donors (Lipinski definition) is 3. The summed E-state index contributed by atoms with van der Waals surface area (Å²) in [6.07, 6.45) is 3.58. The summed E-state index contributed by atoms with van der Waals surface area (Å²) in [6.45, 7) is 0.978. The second kappa shape index (κ2) is 4.95. The quantitative estimate of drug-likeness (QED) is 0.460. The van der Waals surface area contributed by atoms with Crippen LogP contribution in [0.2, 0.25) is 0 Å². The van der Waals surface area contributed by atoms with Crippen LogP contribution in [0.4, 0.5) is 0 Å². The predicted molar refractivity (Wildman–Crippen MR) is 52.7 cm³/mol. The molecule has 5 heteroatoms. The Hall–Kier alpha value is -1.10. The van der Waals surface area contributed by atoms with Crippen molar-refractivity contribution in [1.29, 1.82) is 0 Å². The van der Waals surface area contributed by atoms with E-state index in [0.717, 1.165) is 25.8 Å².